The summed E-state index contributed by atoms with van der Waals surface area (Å²) >= 11 is 0. The topological polar surface area (TPSA) is 68.2 Å². The van der Waals surface area contributed by atoms with Crippen molar-refractivity contribution in [2.75, 3.05) is 13.2 Å². The first kappa shape index (κ1) is 24.7. The number of phenols is 1. The first-order valence-electron chi connectivity index (χ1n) is 12.2. The SMILES string of the molecule is CCCOc1ccc(C(CO)Cc2ccc3c(c2O)C=CC(C)(C)O3)c(OCc2ccccc2)c1. The second-order valence-electron chi connectivity index (χ2n) is 9.43. The summed E-state index contributed by atoms with van der Waals surface area (Å²) in [5, 5.41) is 21.3. The van der Waals surface area contributed by atoms with E-state index in [1.165, 1.54) is 0 Å². The fraction of sp³-hybridized carbons (Fsp3) is 0.333. The number of hydrogen-bond acceptors (Lipinski definition) is 5. The van der Waals surface area contributed by atoms with Crippen LogP contribution in [0.4, 0.5) is 0 Å². The van der Waals surface area contributed by atoms with Crippen molar-refractivity contribution in [1.82, 2.24) is 0 Å². The van der Waals surface area contributed by atoms with E-state index < -0.39 is 5.60 Å². The maximum atomic E-state index is 11.0. The van der Waals surface area contributed by atoms with Crippen molar-refractivity contribution in [2.24, 2.45) is 0 Å². The van der Waals surface area contributed by atoms with Gasteiger partial charge in [0.15, 0.2) is 0 Å². The van der Waals surface area contributed by atoms with E-state index in [1.54, 1.807) is 0 Å². The van der Waals surface area contributed by atoms with Crippen LogP contribution in [0.15, 0.2) is 66.7 Å². The molecule has 0 radical (unpaired) electrons. The molecule has 35 heavy (non-hydrogen) atoms. The molecule has 0 spiro atoms. The minimum atomic E-state index is -0.415. The quantitative estimate of drug-likeness (QED) is 0.363. The Kier molecular flexibility index (Phi) is 7.67. The lowest BCUT2D eigenvalue weighted by atomic mass is 9.89. The van der Waals surface area contributed by atoms with Gasteiger partial charge in [-0.05, 0) is 62.1 Å². The Morgan fingerprint density at radius 2 is 1.80 bits per heavy atom. The molecule has 0 aliphatic carbocycles. The number of rotatable bonds is 10. The Balaban J connectivity index is 1.61. The van der Waals surface area contributed by atoms with Gasteiger partial charge in [-0.1, -0.05) is 49.4 Å². The summed E-state index contributed by atoms with van der Waals surface area (Å²) in [6.07, 6.45) is 5.20. The van der Waals surface area contributed by atoms with E-state index in [4.69, 9.17) is 14.2 Å². The van der Waals surface area contributed by atoms with E-state index in [0.717, 1.165) is 28.9 Å². The highest BCUT2D eigenvalue weighted by atomic mass is 16.5. The van der Waals surface area contributed by atoms with E-state index in [0.29, 0.717) is 36.7 Å². The zero-order chi connectivity index (χ0) is 24.8. The Hall–Kier alpha value is -3.44. The molecule has 2 N–H and O–H groups in total. The molecule has 0 fully saturated rings. The Morgan fingerprint density at radius 3 is 2.54 bits per heavy atom. The van der Waals surface area contributed by atoms with E-state index in [2.05, 4.69) is 6.92 Å². The van der Waals surface area contributed by atoms with Gasteiger partial charge in [-0.2, -0.15) is 0 Å². The van der Waals surface area contributed by atoms with Gasteiger partial charge in [0.05, 0.1) is 18.8 Å². The van der Waals surface area contributed by atoms with Crippen LogP contribution in [-0.4, -0.2) is 29.0 Å². The van der Waals surface area contributed by atoms with Gasteiger partial charge >= 0.3 is 0 Å². The molecule has 3 aromatic rings. The number of benzene rings is 3. The van der Waals surface area contributed by atoms with Crippen molar-refractivity contribution in [3.05, 3.63) is 89.0 Å². The van der Waals surface area contributed by atoms with Crippen LogP contribution in [0.5, 0.6) is 23.0 Å². The molecule has 1 heterocycles. The molecule has 0 saturated carbocycles. The van der Waals surface area contributed by atoms with Crippen LogP contribution in [0, 0.1) is 0 Å². The molecule has 4 rings (SSSR count). The van der Waals surface area contributed by atoms with Gasteiger partial charge in [-0.15, -0.1) is 0 Å². The maximum absolute atomic E-state index is 11.0. The minimum Gasteiger partial charge on any atom is -0.507 e. The Labute approximate surface area is 207 Å². The van der Waals surface area contributed by atoms with Gasteiger partial charge < -0.3 is 24.4 Å². The number of aliphatic hydroxyl groups is 1. The number of ether oxygens (including phenoxy) is 3. The van der Waals surface area contributed by atoms with Gasteiger partial charge in [0.1, 0.15) is 35.2 Å². The fourth-order valence-corrected chi connectivity index (χ4v) is 4.21. The smallest absolute Gasteiger partial charge is 0.131 e. The van der Waals surface area contributed by atoms with Crippen molar-refractivity contribution in [3.8, 4) is 23.0 Å². The summed E-state index contributed by atoms with van der Waals surface area (Å²) in [4.78, 5) is 0. The van der Waals surface area contributed by atoms with Crippen LogP contribution in [-0.2, 0) is 13.0 Å². The van der Waals surface area contributed by atoms with Crippen LogP contribution in [0.2, 0.25) is 0 Å². The summed E-state index contributed by atoms with van der Waals surface area (Å²) in [6, 6.07) is 19.5. The van der Waals surface area contributed by atoms with Crippen molar-refractivity contribution >= 4 is 6.08 Å². The molecule has 0 bridgehead atoms. The molecule has 184 valence electrons. The van der Waals surface area contributed by atoms with Gasteiger partial charge in [0, 0.05) is 17.5 Å². The number of phenolic OH excluding ortho intramolecular Hbond substituents is 1. The predicted molar refractivity (Wildman–Crippen MR) is 138 cm³/mol. The van der Waals surface area contributed by atoms with Crippen LogP contribution in [0.1, 0.15) is 55.4 Å². The fourth-order valence-electron chi connectivity index (χ4n) is 4.21. The zero-order valence-corrected chi connectivity index (χ0v) is 20.7. The first-order valence-corrected chi connectivity index (χ1v) is 12.2. The lowest BCUT2D eigenvalue weighted by molar-refractivity contribution is 0.158. The highest BCUT2D eigenvalue weighted by molar-refractivity contribution is 5.68. The molecule has 3 aromatic carbocycles. The van der Waals surface area contributed by atoms with Crippen LogP contribution < -0.4 is 14.2 Å². The second-order valence-corrected chi connectivity index (χ2v) is 9.43. The van der Waals surface area contributed by atoms with Crippen LogP contribution in [0.3, 0.4) is 0 Å². The number of hydrogen-bond donors (Lipinski definition) is 2. The molecule has 0 saturated heterocycles. The normalized spacial score (nSPS) is 14.6. The van der Waals surface area contributed by atoms with Gasteiger partial charge in [0.2, 0.25) is 0 Å². The van der Waals surface area contributed by atoms with Gasteiger partial charge in [-0.25, -0.2) is 0 Å². The predicted octanol–water partition coefficient (Wildman–Crippen LogP) is 6.26. The molecule has 1 aliphatic heterocycles. The molecule has 5 nitrogen and oxygen atoms in total. The summed E-state index contributed by atoms with van der Waals surface area (Å²) < 4.78 is 18.0. The summed E-state index contributed by atoms with van der Waals surface area (Å²) in [6.45, 7) is 6.96. The summed E-state index contributed by atoms with van der Waals surface area (Å²) in [5.41, 5.74) is 2.93. The molecule has 0 amide bonds. The highest BCUT2D eigenvalue weighted by Gasteiger charge is 2.26. The number of aliphatic hydroxyl groups excluding tert-OH is 1. The molecule has 1 aliphatic rings. The third-order valence-electron chi connectivity index (χ3n) is 6.11. The van der Waals surface area contributed by atoms with E-state index >= 15 is 0 Å². The van der Waals surface area contributed by atoms with Gasteiger partial charge in [-0.3, -0.25) is 0 Å². The highest BCUT2D eigenvalue weighted by Crippen LogP contribution is 2.41. The largest absolute Gasteiger partial charge is 0.507 e. The molecule has 1 atom stereocenters. The van der Waals surface area contributed by atoms with Gasteiger partial charge in [0.25, 0.3) is 0 Å². The maximum Gasteiger partial charge on any atom is 0.131 e. The third-order valence-corrected chi connectivity index (χ3v) is 6.11. The molecule has 5 heteroatoms. The van der Waals surface area contributed by atoms with Crippen LogP contribution in [0.25, 0.3) is 6.08 Å². The van der Waals surface area contributed by atoms with Crippen molar-refractivity contribution in [1.29, 1.82) is 0 Å². The van der Waals surface area contributed by atoms with E-state index in [9.17, 15) is 10.2 Å². The van der Waals surface area contributed by atoms with Crippen molar-refractivity contribution in [2.45, 2.75) is 51.7 Å². The zero-order valence-electron chi connectivity index (χ0n) is 20.7. The van der Waals surface area contributed by atoms with E-state index in [1.807, 2.05) is 86.7 Å². The van der Waals surface area contributed by atoms with Crippen LogP contribution >= 0.6 is 0 Å². The standard InChI is InChI=1S/C30H34O5/c1-4-16-33-24-11-12-25(28(18-24)34-20-21-8-6-5-7-9-21)23(19-31)17-22-10-13-27-26(29(22)32)14-15-30(2,3)35-27/h5-15,18,23,31-32H,4,16-17,19-20H2,1-3H3. The lowest BCUT2D eigenvalue weighted by Crippen LogP contribution is -2.27. The third kappa shape index (κ3) is 5.98. The average molecular weight is 475 g/mol. The minimum absolute atomic E-state index is 0.0905. The molecular weight excluding hydrogens is 440 g/mol. The average Bonchev–Trinajstić information content (AvgIpc) is 2.86. The summed E-state index contributed by atoms with van der Waals surface area (Å²) in [5.74, 6) is 1.97. The summed E-state index contributed by atoms with van der Waals surface area (Å²) in [7, 11) is 0. The van der Waals surface area contributed by atoms with Crippen molar-refractivity contribution < 1.29 is 24.4 Å². The lowest BCUT2D eigenvalue weighted by Gasteiger charge is -2.29. The van der Waals surface area contributed by atoms with Crippen molar-refractivity contribution in [3.63, 3.8) is 0 Å². The monoisotopic (exact) mass is 474 g/mol. The Bertz CT molecular complexity index is 1170. The number of fused-ring (bicyclic) bond motifs is 1. The molecule has 1 unspecified atom stereocenters. The first-order chi connectivity index (χ1) is 16.9. The Morgan fingerprint density at radius 1 is 1.00 bits per heavy atom. The molecule has 0 aromatic heterocycles. The second kappa shape index (κ2) is 10.9. The molecular formula is C30H34O5. The number of aromatic hydroxyl groups is 1. The van der Waals surface area contributed by atoms with E-state index in [-0.39, 0.29) is 18.3 Å².